The predicted octanol–water partition coefficient (Wildman–Crippen LogP) is 10.4. The molecule has 2 N–H and O–H groups in total. The minimum absolute atomic E-state index is 0.116. The standard InChI is InChI=1S/C35H58O6P2/c1-23-17-25(31(3,4)5)29(26(18-23)32(6,7)8)40-43(39-22-35(15,16)21-38-42(36)37)41-30-27(33(9,10)11)19-24(2)20-28(30)34(12,13)14/h17-20,36-37H,21-22H2,1-16H3. The van der Waals surface area contributed by atoms with Crippen LogP contribution in [0.5, 0.6) is 11.5 Å². The lowest BCUT2D eigenvalue weighted by molar-refractivity contribution is 0.0956. The van der Waals surface area contributed by atoms with Gasteiger partial charge in [0.15, 0.2) is 0 Å². The topological polar surface area (TPSA) is 77.4 Å². The van der Waals surface area contributed by atoms with E-state index in [4.69, 9.17) is 18.1 Å². The van der Waals surface area contributed by atoms with Gasteiger partial charge in [0.1, 0.15) is 11.5 Å². The SMILES string of the molecule is Cc1cc(C(C)(C)C)c(OP(OCC(C)(C)COP(O)O)Oc2c(C(C)(C)C)cc(C)cc2C(C)(C)C)c(C(C)(C)C)c1. The van der Waals surface area contributed by atoms with Crippen molar-refractivity contribution < 1.29 is 27.9 Å². The van der Waals surface area contributed by atoms with Gasteiger partial charge in [-0.05, 0) is 35.5 Å². The molecule has 0 heterocycles. The maximum atomic E-state index is 9.37. The molecule has 0 bridgehead atoms. The average Bonchev–Trinajstić information content (AvgIpc) is 2.80. The molecule has 0 unspecified atom stereocenters. The van der Waals surface area contributed by atoms with Crippen molar-refractivity contribution in [1.82, 2.24) is 0 Å². The summed E-state index contributed by atoms with van der Waals surface area (Å²) >= 11 is 0. The van der Waals surface area contributed by atoms with Crippen LogP contribution >= 0.6 is 17.2 Å². The van der Waals surface area contributed by atoms with Gasteiger partial charge in [0.25, 0.3) is 0 Å². The van der Waals surface area contributed by atoms with Crippen molar-refractivity contribution in [2.75, 3.05) is 13.2 Å². The van der Waals surface area contributed by atoms with Crippen molar-refractivity contribution in [3.05, 3.63) is 57.6 Å². The monoisotopic (exact) mass is 636 g/mol. The van der Waals surface area contributed by atoms with E-state index in [1.54, 1.807) is 0 Å². The molecule has 2 aromatic rings. The third-order valence-electron chi connectivity index (χ3n) is 7.16. The minimum Gasteiger partial charge on any atom is -0.417 e. The molecule has 2 aromatic carbocycles. The highest BCUT2D eigenvalue weighted by Gasteiger charge is 2.35. The van der Waals surface area contributed by atoms with Crippen LogP contribution in [0.4, 0.5) is 0 Å². The second kappa shape index (κ2) is 13.6. The number of rotatable bonds is 10. The molecule has 0 aliphatic carbocycles. The second-order valence-electron chi connectivity index (χ2n) is 16.7. The van der Waals surface area contributed by atoms with E-state index in [0.717, 1.165) is 33.8 Å². The maximum absolute atomic E-state index is 9.37. The number of aryl methyl sites for hydroxylation is 2. The van der Waals surface area contributed by atoms with Gasteiger partial charge in [-0.3, -0.25) is 4.52 Å². The maximum Gasteiger partial charge on any atom is 0.463 e. The Labute approximate surface area is 264 Å². The summed E-state index contributed by atoms with van der Waals surface area (Å²) in [5, 5.41) is 0. The summed E-state index contributed by atoms with van der Waals surface area (Å²) < 4.78 is 25.7. The predicted molar refractivity (Wildman–Crippen MR) is 182 cm³/mol. The highest BCUT2D eigenvalue weighted by Crippen LogP contribution is 2.52. The largest absolute Gasteiger partial charge is 0.463 e. The van der Waals surface area contributed by atoms with Crippen LogP contribution in [0.15, 0.2) is 24.3 Å². The third kappa shape index (κ3) is 10.9. The molecule has 0 saturated heterocycles. The first-order valence-electron chi connectivity index (χ1n) is 15.1. The summed E-state index contributed by atoms with van der Waals surface area (Å²) in [6.45, 7) is 34.9. The average molecular weight is 637 g/mol. The molecule has 0 fully saturated rings. The first-order valence-corrected chi connectivity index (χ1v) is 17.4. The molecule has 0 radical (unpaired) electrons. The highest BCUT2D eigenvalue weighted by atomic mass is 31.2. The van der Waals surface area contributed by atoms with Crippen molar-refractivity contribution >= 4 is 17.2 Å². The lowest BCUT2D eigenvalue weighted by Crippen LogP contribution is -2.26. The first kappa shape index (κ1) is 37.9. The van der Waals surface area contributed by atoms with Gasteiger partial charge in [0.2, 0.25) is 0 Å². The van der Waals surface area contributed by atoms with Gasteiger partial charge in [0.05, 0.1) is 13.2 Å². The molecule has 0 aromatic heterocycles. The molecule has 2 rings (SSSR count). The molecule has 0 aliphatic heterocycles. The summed E-state index contributed by atoms with van der Waals surface area (Å²) in [5.74, 6) is 1.59. The van der Waals surface area contributed by atoms with Crippen LogP contribution in [0.3, 0.4) is 0 Å². The highest BCUT2D eigenvalue weighted by molar-refractivity contribution is 7.42. The second-order valence-corrected chi connectivity index (χ2v) is 18.6. The summed E-state index contributed by atoms with van der Waals surface area (Å²) in [4.78, 5) is 18.7. The minimum atomic E-state index is -2.46. The lowest BCUT2D eigenvalue weighted by Gasteiger charge is -2.34. The molecule has 0 saturated carbocycles. The van der Waals surface area contributed by atoms with E-state index < -0.39 is 22.6 Å². The summed E-state index contributed by atoms with van der Waals surface area (Å²) in [5.41, 5.74) is 5.47. The molecule has 0 spiro atoms. The van der Waals surface area contributed by atoms with Crippen molar-refractivity contribution in [3.63, 3.8) is 0 Å². The Morgan fingerprint density at radius 3 is 1.05 bits per heavy atom. The quantitative estimate of drug-likeness (QED) is 0.253. The van der Waals surface area contributed by atoms with Crippen molar-refractivity contribution in [2.24, 2.45) is 5.41 Å². The van der Waals surface area contributed by atoms with E-state index in [0.29, 0.717) is 0 Å². The first-order chi connectivity index (χ1) is 19.2. The van der Waals surface area contributed by atoms with Crippen molar-refractivity contribution in [3.8, 4) is 11.5 Å². The van der Waals surface area contributed by atoms with E-state index in [1.807, 2.05) is 13.8 Å². The number of benzene rings is 2. The van der Waals surface area contributed by atoms with Gasteiger partial charge < -0.3 is 23.4 Å². The fourth-order valence-electron chi connectivity index (χ4n) is 4.69. The van der Waals surface area contributed by atoms with Crippen LogP contribution in [0.1, 0.15) is 130 Å². The van der Waals surface area contributed by atoms with Crippen LogP contribution in [-0.2, 0) is 30.7 Å². The Morgan fingerprint density at radius 2 is 0.791 bits per heavy atom. The van der Waals surface area contributed by atoms with Crippen LogP contribution < -0.4 is 9.05 Å². The van der Waals surface area contributed by atoms with Gasteiger partial charge in [-0.15, -0.1) is 0 Å². The Bertz CT molecular complexity index is 1090. The molecular formula is C35H58O6P2. The fourth-order valence-corrected chi connectivity index (χ4v) is 6.45. The van der Waals surface area contributed by atoms with Crippen LogP contribution in [-0.4, -0.2) is 23.0 Å². The van der Waals surface area contributed by atoms with Crippen LogP contribution in [0.2, 0.25) is 0 Å². The van der Waals surface area contributed by atoms with E-state index in [9.17, 15) is 9.79 Å². The van der Waals surface area contributed by atoms with E-state index in [-0.39, 0.29) is 34.9 Å². The van der Waals surface area contributed by atoms with Crippen LogP contribution in [0.25, 0.3) is 0 Å². The zero-order valence-electron chi connectivity index (χ0n) is 29.6. The van der Waals surface area contributed by atoms with E-state index in [2.05, 4.69) is 121 Å². The molecule has 0 amide bonds. The molecule has 6 nitrogen and oxygen atoms in total. The Kier molecular flexibility index (Phi) is 12.0. The summed E-state index contributed by atoms with van der Waals surface area (Å²) in [7, 11) is -4.41. The zero-order valence-corrected chi connectivity index (χ0v) is 31.4. The Morgan fingerprint density at radius 1 is 0.512 bits per heavy atom. The Balaban J connectivity index is 2.80. The van der Waals surface area contributed by atoms with E-state index in [1.165, 1.54) is 11.1 Å². The van der Waals surface area contributed by atoms with Gasteiger partial charge in [0, 0.05) is 27.7 Å². The normalized spacial score (nSPS) is 13.7. The van der Waals surface area contributed by atoms with Crippen molar-refractivity contribution in [2.45, 2.75) is 132 Å². The molecule has 0 aliphatic rings. The van der Waals surface area contributed by atoms with Gasteiger partial charge >= 0.3 is 17.2 Å². The van der Waals surface area contributed by atoms with Gasteiger partial charge in [-0.2, -0.15) is 0 Å². The molecule has 244 valence electrons. The lowest BCUT2D eigenvalue weighted by atomic mass is 9.78. The number of hydrogen-bond donors (Lipinski definition) is 2. The number of hydrogen-bond acceptors (Lipinski definition) is 6. The Hall–Kier alpha value is -1.26. The zero-order chi connectivity index (χ0) is 33.3. The van der Waals surface area contributed by atoms with Gasteiger partial charge in [-0.25, -0.2) is 0 Å². The summed E-state index contributed by atoms with van der Waals surface area (Å²) in [6, 6.07) is 8.81. The molecular weight excluding hydrogens is 578 g/mol. The molecule has 0 atom stereocenters. The smallest absolute Gasteiger partial charge is 0.417 e. The molecule has 8 heteroatoms. The molecule has 43 heavy (non-hydrogen) atoms. The third-order valence-corrected chi connectivity index (χ3v) is 8.52. The summed E-state index contributed by atoms with van der Waals surface area (Å²) in [6.07, 6.45) is 0. The van der Waals surface area contributed by atoms with E-state index >= 15 is 0 Å². The fraction of sp³-hybridized carbons (Fsp3) is 0.657. The van der Waals surface area contributed by atoms with Crippen LogP contribution in [0, 0.1) is 19.3 Å². The van der Waals surface area contributed by atoms with Gasteiger partial charge in [-0.1, -0.05) is 132 Å². The van der Waals surface area contributed by atoms with Crippen molar-refractivity contribution in [1.29, 1.82) is 0 Å².